The zero-order chi connectivity index (χ0) is 16.8. The van der Waals surface area contributed by atoms with E-state index >= 15 is 0 Å². The molecular weight excluding hydrogens is 294 g/mol. The van der Waals surface area contributed by atoms with Crippen molar-refractivity contribution in [1.82, 2.24) is 5.32 Å². The van der Waals surface area contributed by atoms with Crippen LogP contribution >= 0.6 is 0 Å². The number of fused-ring (bicyclic) bond motifs is 3. The van der Waals surface area contributed by atoms with Gasteiger partial charge in [0.2, 0.25) is 5.91 Å². The van der Waals surface area contributed by atoms with Gasteiger partial charge in [0, 0.05) is 6.04 Å². The Bertz CT molecular complexity index is 670. The highest BCUT2D eigenvalue weighted by Crippen LogP contribution is 2.35. The third kappa shape index (κ3) is 3.94. The van der Waals surface area contributed by atoms with Crippen molar-refractivity contribution in [1.29, 1.82) is 0 Å². The lowest BCUT2D eigenvalue weighted by Gasteiger charge is -2.21. The minimum absolute atomic E-state index is 0.0306. The van der Waals surface area contributed by atoms with Crippen LogP contribution in [0.5, 0.6) is 0 Å². The van der Waals surface area contributed by atoms with E-state index in [-0.39, 0.29) is 5.91 Å². The lowest BCUT2D eigenvalue weighted by Crippen LogP contribution is -2.34. The van der Waals surface area contributed by atoms with Crippen molar-refractivity contribution >= 4 is 5.91 Å². The molecule has 124 valence electrons. The van der Waals surface area contributed by atoms with E-state index in [1.807, 2.05) is 0 Å². The standard InChI is InChI=1S/C13H10.C9H15NO/c1-3-7-12-10(5-1)9-11-6-2-4-8-13(11)12;1-2-9(11)10-8-6-4-3-5-7-8/h1-8H,9H2;2,8H,1,3-7H2,(H,10,11). The highest BCUT2D eigenvalue weighted by molar-refractivity contribution is 5.87. The van der Waals surface area contributed by atoms with E-state index in [0.717, 1.165) is 19.3 Å². The molecule has 0 saturated heterocycles. The summed E-state index contributed by atoms with van der Waals surface area (Å²) in [5, 5.41) is 2.91. The van der Waals surface area contributed by atoms with Gasteiger partial charge in [-0.15, -0.1) is 0 Å². The van der Waals surface area contributed by atoms with Crippen LogP contribution < -0.4 is 5.32 Å². The van der Waals surface area contributed by atoms with Crippen LogP contribution in [-0.2, 0) is 11.2 Å². The van der Waals surface area contributed by atoms with Crippen LogP contribution in [0.3, 0.4) is 0 Å². The van der Waals surface area contributed by atoms with Crippen LogP contribution in [0, 0.1) is 0 Å². The highest BCUT2D eigenvalue weighted by Gasteiger charge is 2.16. The number of hydrogen-bond donors (Lipinski definition) is 1. The molecule has 1 saturated carbocycles. The van der Waals surface area contributed by atoms with Gasteiger partial charge in [-0.1, -0.05) is 74.4 Å². The van der Waals surface area contributed by atoms with Gasteiger partial charge in [0.05, 0.1) is 0 Å². The first-order valence-electron chi connectivity index (χ1n) is 8.87. The van der Waals surface area contributed by atoms with Gasteiger partial charge in [-0.2, -0.15) is 0 Å². The summed E-state index contributed by atoms with van der Waals surface area (Å²) in [6.07, 6.45) is 8.55. The van der Waals surface area contributed by atoms with E-state index in [1.54, 1.807) is 0 Å². The van der Waals surface area contributed by atoms with E-state index in [1.165, 1.54) is 47.6 Å². The maximum Gasteiger partial charge on any atom is 0.243 e. The minimum Gasteiger partial charge on any atom is -0.350 e. The van der Waals surface area contributed by atoms with Crippen molar-refractivity contribution in [2.75, 3.05) is 0 Å². The number of amides is 1. The molecule has 0 heterocycles. The molecule has 2 nitrogen and oxygen atoms in total. The van der Waals surface area contributed by atoms with Crippen molar-refractivity contribution in [3.05, 3.63) is 72.3 Å². The normalized spacial score (nSPS) is 15.5. The molecule has 4 rings (SSSR count). The third-order valence-corrected chi connectivity index (χ3v) is 4.84. The van der Waals surface area contributed by atoms with Crippen molar-refractivity contribution in [2.24, 2.45) is 0 Å². The Morgan fingerprint density at radius 1 is 0.917 bits per heavy atom. The molecule has 1 fully saturated rings. The Hall–Kier alpha value is -2.35. The summed E-state index contributed by atoms with van der Waals surface area (Å²) >= 11 is 0. The van der Waals surface area contributed by atoms with Crippen molar-refractivity contribution in [2.45, 2.75) is 44.6 Å². The van der Waals surface area contributed by atoms with E-state index in [2.05, 4.69) is 60.4 Å². The number of hydrogen-bond acceptors (Lipinski definition) is 1. The van der Waals surface area contributed by atoms with E-state index in [0.29, 0.717) is 6.04 Å². The molecule has 0 radical (unpaired) electrons. The first-order valence-corrected chi connectivity index (χ1v) is 8.87. The zero-order valence-electron chi connectivity index (χ0n) is 14.1. The van der Waals surface area contributed by atoms with Gasteiger partial charge in [-0.25, -0.2) is 0 Å². The van der Waals surface area contributed by atoms with Crippen LogP contribution in [0.2, 0.25) is 0 Å². The predicted octanol–water partition coefficient (Wildman–Crippen LogP) is 4.88. The monoisotopic (exact) mass is 319 g/mol. The number of nitrogens with one attached hydrogen (secondary N) is 1. The molecule has 2 aromatic carbocycles. The van der Waals surface area contributed by atoms with Gasteiger partial charge in [-0.3, -0.25) is 4.79 Å². The van der Waals surface area contributed by atoms with Crippen molar-refractivity contribution < 1.29 is 4.79 Å². The fraction of sp³-hybridized carbons (Fsp3) is 0.318. The Morgan fingerprint density at radius 3 is 2.00 bits per heavy atom. The molecule has 0 bridgehead atoms. The highest BCUT2D eigenvalue weighted by atomic mass is 16.1. The van der Waals surface area contributed by atoms with E-state index in [9.17, 15) is 4.79 Å². The quantitative estimate of drug-likeness (QED) is 0.670. The molecule has 0 aromatic heterocycles. The molecule has 2 aliphatic rings. The van der Waals surface area contributed by atoms with Crippen LogP contribution in [-0.4, -0.2) is 11.9 Å². The zero-order valence-corrected chi connectivity index (χ0v) is 14.1. The van der Waals surface area contributed by atoms with Gasteiger partial charge in [0.15, 0.2) is 0 Å². The van der Waals surface area contributed by atoms with Gasteiger partial charge in [0.25, 0.3) is 0 Å². The van der Waals surface area contributed by atoms with Crippen LogP contribution in [0.15, 0.2) is 61.2 Å². The summed E-state index contributed by atoms with van der Waals surface area (Å²) in [5.41, 5.74) is 5.75. The van der Waals surface area contributed by atoms with E-state index in [4.69, 9.17) is 0 Å². The van der Waals surface area contributed by atoms with Gasteiger partial charge in [0.1, 0.15) is 0 Å². The van der Waals surface area contributed by atoms with Crippen LogP contribution in [0.4, 0.5) is 0 Å². The number of rotatable bonds is 2. The molecule has 0 atom stereocenters. The number of benzene rings is 2. The maximum atomic E-state index is 10.9. The summed E-state index contributed by atoms with van der Waals surface area (Å²) in [5.74, 6) is -0.0306. The molecule has 0 unspecified atom stereocenters. The van der Waals surface area contributed by atoms with Crippen LogP contribution in [0.1, 0.15) is 43.2 Å². The fourth-order valence-electron chi connectivity index (χ4n) is 3.59. The molecule has 1 N–H and O–H groups in total. The topological polar surface area (TPSA) is 29.1 Å². The Labute approximate surface area is 144 Å². The second-order valence-electron chi connectivity index (χ2n) is 6.54. The Kier molecular flexibility index (Phi) is 5.47. The molecule has 0 spiro atoms. The lowest BCUT2D eigenvalue weighted by molar-refractivity contribution is -0.117. The van der Waals surface area contributed by atoms with Crippen LogP contribution in [0.25, 0.3) is 11.1 Å². The first kappa shape index (κ1) is 16.5. The van der Waals surface area contributed by atoms with E-state index < -0.39 is 0 Å². The fourth-order valence-corrected chi connectivity index (χ4v) is 3.59. The van der Waals surface area contributed by atoms with Gasteiger partial charge >= 0.3 is 0 Å². The molecule has 0 aliphatic heterocycles. The lowest BCUT2D eigenvalue weighted by atomic mass is 9.95. The summed E-state index contributed by atoms with van der Waals surface area (Å²) in [6.45, 7) is 3.41. The molecule has 24 heavy (non-hydrogen) atoms. The average Bonchev–Trinajstić information content (AvgIpc) is 3.02. The third-order valence-electron chi connectivity index (χ3n) is 4.84. The summed E-state index contributed by atoms with van der Waals surface area (Å²) in [7, 11) is 0. The molecule has 2 aromatic rings. The summed E-state index contributed by atoms with van der Waals surface area (Å²) < 4.78 is 0. The second kappa shape index (κ2) is 7.96. The average molecular weight is 319 g/mol. The molecule has 2 heteroatoms. The maximum absolute atomic E-state index is 10.9. The van der Waals surface area contributed by atoms with Gasteiger partial charge in [-0.05, 0) is 47.6 Å². The molecule has 1 amide bonds. The van der Waals surface area contributed by atoms with Gasteiger partial charge < -0.3 is 5.32 Å². The SMILES string of the molecule is C=CC(=O)NC1CCCCC1.c1ccc2c(c1)Cc1ccccc1-2. The molecule has 2 aliphatic carbocycles. The van der Waals surface area contributed by atoms with Crippen molar-refractivity contribution in [3.8, 4) is 11.1 Å². The Morgan fingerprint density at radius 2 is 1.46 bits per heavy atom. The second-order valence-corrected chi connectivity index (χ2v) is 6.54. The predicted molar refractivity (Wildman–Crippen MR) is 99.9 cm³/mol. The van der Waals surface area contributed by atoms with Crippen molar-refractivity contribution in [3.63, 3.8) is 0 Å². The Balaban J connectivity index is 0.000000144. The first-order chi connectivity index (χ1) is 11.8. The smallest absolute Gasteiger partial charge is 0.243 e. The molecular formula is C22H25NO. The minimum atomic E-state index is -0.0306. The largest absolute Gasteiger partial charge is 0.350 e. The number of carbonyl (C=O) groups is 1. The number of carbonyl (C=O) groups excluding carboxylic acids is 1. The summed E-state index contributed by atoms with van der Waals surface area (Å²) in [6, 6.07) is 17.7. The summed E-state index contributed by atoms with van der Waals surface area (Å²) in [4.78, 5) is 10.9.